The van der Waals surface area contributed by atoms with Crippen LogP contribution in [0.4, 0.5) is 13.2 Å². The average Bonchev–Trinajstić information content (AvgIpc) is 3.04. The lowest BCUT2D eigenvalue weighted by atomic mass is 10.1. The molecule has 1 aromatic heterocycles. The minimum atomic E-state index is -4.33. The van der Waals surface area contributed by atoms with Crippen LogP contribution in [0.1, 0.15) is 16.1 Å². The lowest BCUT2D eigenvalue weighted by Gasteiger charge is -2.12. The Bertz CT molecular complexity index is 797. The molecule has 1 heterocycles. The van der Waals surface area contributed by atoms with Gasteiger partial charge in [-0.05, 0) is 17.2 Å². The molecule has 0 radical (unpaired) electrons. The molecule has 0 unspecified atom stereocenters. The highest BCUT2D eigenvalue weighted by Crippen LogP contribution is 2.32. The molecular formula is C18H15F3N2S. The van der Waals surface area contributed by atoms with Gasteiger partial charge in [-0.15, -0.1) is 11.3 Å². The van der Waals surface area contributed by atoms with Gasteiger partial charge in [0.25, 0.3) is 0 Å². The molecule has 3 rings (SSSR count). The summed E-state index contributed by atoms with van der Waals surface area (Å²) in [4.78, 5) is 5.37. The van der Waals surface area contributed by atoms with Gasteiger partial charge in [0, 0.05) is 19.3 Å². The number of halogens is 3. The molecule has 0 aliphatic heterocycles. The largest absolute Gasteiger partial charge is 0.416 e. The van der Waals surface area contributed by atoms with E-state index in [4.69, 9.17) is 0 Å². The Kier molecular flexibility index (Phi) is 4.97. The van der Waals surface area contributed by atoms with Crippen molar-refractivity contribution < 1.29 is 13.2 Å². The van der Waals surface area contributed by atoms with Crippen LogP contribution in [0.15, 0.2) is 60.8 Å². The fourth-order valence-corrected chi connectivity index (χ4v) is 3.28. The Balaban J connectivity index is 1.63. The Morgan fingerprint density at radius 2 is 1.62 bits per heavy atom. The van der Waals surface area contributed by atoms with E-state index in [1.54, 1.807) is 12.3 Å². The lowest BCUT2D eigenvalue weighted by molar-refractivity contribution is -0.138. The van der Waals surface area contributed by atoms with Gasteiger partial charge in [-0.2, -0.15) is 13.2 Å². The van der Waals surface area contributed by atoms with Crippen LogP contribution < -0.4 is 5.32 Å². The zero-order valence-electron chi connectivity index (χ0n) is 12.7. The van der Waals surface area contributed by atoms with Gasteiger partial charge in [-0.3, -0.25) is 0 Å². The van der Waals surface area contributed by atoms with E-state index in [9.17, 15) is 13.2 Å². The maximum absolute atomic E-state index is 13.0. The molecule has 0 spiro atoms. The molecule has 0 aliphatic carbocycles. The second-order valence-electron chi connectivity index (χ2n) is 5.24. The number of nitrogens with one attached hydrogen (secondary N) is 1. The molecule has 2 nitrogen and oxygen atoms in total. The number of hydrogen-bond acceptors (Lipinski definition) is 3. The van der Waals surface area contributed by atoms with Gasteiger partial charge in [-0.25, -0.2) is 4.98 Å². The number of benzene rings is 2. The first-order valence-corrected chi connectivity index (χ1v) is 8.21. The van der Waals surface area contributed by atoms with Gasteiger partial charge in [-0.1, -0.05) is 48.5 Å². The van der Waals surface area contributed by atoms with Crippen molar-refractivity contribution in [1.29, 1.82) is 0 Å². The first kappa shape index (κ1) is 16.7. The van der Waals surface area contributed by atoms with Gasteiger partial charge >= 0.3 is 6.18 Å². The first-order valence-electron chi connectivity index (χ1n) is 7.40. The second-order valence-corrected chi connectivity index (χ2v) is 6.36. The third-order valence-electron chi connectivity index (χ3n) is 3.53. The summed E-state index contributed by atoms with van der Waals surface area (Å²) in [5, 5.41) is 3.89. The Morgan fingerprint density at radius 1 is 0.917 bits per heavy atom. The zero-order valence-corrected chi connectivity index (χ0v) is 13.5. The summed E-state index contributed by atoms with van der Waals surface area (Å²) >= 11 is 1.54. The third-order valence-corrected chi connectivity index (χ3v) is 4.57. The Morgan fingerprint density at radius 3 is 2.38 bits per heavy atom. The summed E-state index contributed by atoms with van der Waals surface area (Å²) in [7, 11) is 0. The average molecular weight is 348 g/mol. The van der Waals surface area contributed by atoms with E-state index in [-0.39, 0.29) is 12.1 Å². The van der Waals surface area contributed by atoms with E-state index < -0.39 is 11.7 Å². The van der Waals surface area contributed by atoms with Crippen molar-refractivity contribution in [1.82, 2.24) is 10.3 Å². The number of thiazole rings is 1. The van der Waals surface area contributed by atoms with E-state index >= 15 is 0 Å². The van der Waals surface area contributed by atoms with Crippen molar-refractivity contribution in [2.45, 2.75) is 19.3 Å². The molecule has 0 saturated carbocycles. The normalized spacial score (nSPS) is 11.6. The van der Waals surface area contributed by atoms with Crippen LogP contribution in [0, 0.1) is 0 Å². The minimum absolute atomic E-state index is 0.149. The molecule has 0 atom stereocenters. The van der Waals surface area contributed by atoms with Crippen LogP contribution in [0.5, 0.6) is 0 Å². The molecule has 3 aromatic rings. The fourth-order valence-electron chi connectivity index (χ4n) is 2.38. The van der Waals surface area contributed by atoms with E-state index in [1.807, 2.05) is 30.3 Å². The van der Waals surface area contributed by atoms with E-state index in [0.29, 0.717) is 6.54 Å². The lowest BCUT2D eigenvalue weighted by Crippen LogP contribution is -2.17. The van der Waals surface area contributed by atoms with E-state index in [0.717, 1.165) is 21.5 Å². The molecule has 0 saturated heterocycles. The zero-order chi connectivity index (χ0) is 17.0. The summed E-state index contributed by atoms with van der Waals surface area (Å²) < 4.78 is 38.9. The fraction of sp³-hybridized carbons (Fsp3) is 0.167. The highest BCUT2D eigenvalue weighted by Gasteiger charge is 2.32. The predicted molar refractivity (Wildman–Crippen MR) is 89.5 cm³/mol. The van der Waals surface area contributed by atoms with Crippen molar-refractivity contribution >= 4 is 11.3 Å². The highest BCUT2D eigenvalue weighted by atomic mass is 32.1. The number of nitrogens with zero attached hydrogens (tertiary/aromatic N) is 1. The maximum Gasteiger partial charge on any atom is 0.416 e. The summed E-state index contributed by atoms with van der Waals surface area (Å²) in [5.74, 6) is 0. The van der Waals surface area contributed by atoms with Gasteiger partial charge in [0.05, 0.1) is 10.4 Å². The van der Waals surface area contributed by atoms with Crippen LogP contribution in [-0.2, 0) is 19.3 Å². The number of rotatable bonds is 5. The molecule has 24 heavy (non-hydrogen) atoms. The standard InChI is InChI=1S/C18H15F3N2S/c19-18(20,21)15-9-5-4-8-14(15)10-22-12-17-23-11-16(24-17)13-6-2-1-3-7-13/h1-9,11,22H,10,12H2. The Hall–Kier alpha value is -2.18. The van der Waals surface area contributed by atoms with Gasteiger partial charge in [0.15, 0.2) is 0 Å². The summed E-state index contributed by atoms with van der Waals surface area (Å²) in [6, 6.07) is 15.5. The van der Waals surface area contributed by atoms with Crippen LogP contribution in [0.3, 0.4) is 0 Å². The molecule has 1 N–H and O–H groups in total. The molecule has 124 valence electrons. The third kappa shape index (κ3) is 4.01. The van der Waals surface area contributed by atoms with E-state index in [1.165, 1.54) is 23.5 Å². The van der Waals surface area contributed by atoms with Gasteiger partial charge in [0.2, 0.25) is 0 Å². The molecule has 2 aromatic carbocycles. The van der Waals surface area contributed by atoms with Crippen molar-refractivity contribution in [2.75, 3.05) is 0 Å². The van der Waals surface area contributed by atoms with Gasteiger partial charge < -0.3 is 5.32 Å². The smallest absolute Gasteiger partial charge is 0.306 e. The maximum atomic E-state index is 13.0. The van der Waals surface area contributed by atoms with Crippen LogP contribution in [0.2, 0.25) is 0 Å². The minimum Gasteiger partial charge on any atom is -0.306 e. The van der Waals surface area contributed by atoms with Crippen LogP contribution >= 0.6 is 11.3 Å². The van der Waals surface area contributed by atoms with Crippen molar-refractivity contribution in [3.63, 3.8) is 0 Å². The molecule has 0 bridgehead atoms. The molecular weight excluding hydrogens is 333 g/mol. The van der Waals surface area contributed by atoms with Crippen molar-refractivity contribution in [2.24, 2.45) is 0 Å². The molecule has 0 aliphatic rings. The number of aromatic nitrogens is 1. The highest BCUT2D eigenvalue weighted by molar-refractivity contribution is 7.15. The van der Waals surface area contributed by atoms with Crippen molar-refractivity contribution in [3.05, 3.63) is 76.9 Å². The topological polar surface area (TPSA) is 24.9 Å². The number of hydrogen-bond donors (Lipinski definition) is 1. The summed E-state index contributed by atoms with van der Waals surface area (Å²) in [5.41, 5.74) is 0.732. The van der Waals surface area contributed by atoms with Crippen LogP contribution in [0.25, 0.3) is 10.4 Å². The predicted octanol–water partition coefficient (Wildman–Crippen LogP) is 5.12. The monoisotopic (exact) mass is 348 g/mol. The molecule has 0 amide bonds. The quantitative estimate of drug-likeness (QED) is 0.692. The van der Waals surface area contributed by atoms with Crippen molar-refractivity contribution in [3.8, 4) is 10.4 Å². The van der Waals surface area contributed by atoms with E-state index in [2.05, 4.69) is 10.3 Å². The summed E-state index contributed by atoms with van der Waals surface area (Å²) in [6.07, 6.45) is -2.54. The number of alkyl halides is 3. The molecule has 0 fully saturated rings. The summed E-state index contributed by atoms with van der Waals surface area (Å²) in [6.45, 7) is 0.583. The van der Waals surface area contributed by atoms with Gasteiger partial charge in [0.1, 0.15) is 5.01 Å². The second kappa shape index (κ2) is 7.15. The van der Waals surface area contributed by atoms with Crippen LogP contribution in [-0.4, -0.2) is 4.98 Å². The first-order chi connectivity index (χ1) is 11.5. The Labute approximate surface area is 142 Å². The SMILES string of the molecule is FC(F)(F)c1ccccc1CNCc1ncc(-c2ccccc2)s1. The molecule has 6 heteroatoms.